The van der Waals surface area contributed by atoms with E-state index in [2.05, 4.69) is 11.5 Å². The predicted octanol–water partition coefficient (Wildman–Crippen LogP) is 0.551. The quantitative estimate of drug-likeness (QED) is 0.591. The van der Waals surface area contributed by atoms with Gasteiger partial charge in [-0.1, -0.05) is 6.58 Å². The van der Waals surface area contributed by atoms with Crippen LogP contribution in [0.1, 0.15) is 12.8 Å². The Labute approximate surface area is 67.1 Å². The Morgan fingerprint density at radius 2 is 2.36 bits per heavy atom. The molecule has 3 aliphatic rings. The van der Waals surface area contributed by atoms with Crippen LogP contribution in [0.2, 0.25) is 0 Å². The lowest BCUT2D eigenvalue weighted by Crippen LogP contribution is -2.72. The van der Waals surface area contributed by atoms with Gasteiger partial charge < -0.3 is 10.6 Å². The zero-order chi connectivity index (χ0) is 7.64. The van der Waals surface area contributed by atoms with E-state index >= 15 is 0 Å². The second-order valence-corrected chi connectivity index (χ2v) is 4.37. The maximum atomic E-state index is 6.13. The standard InChI is InChI=1S/C9H14N2/c1-2-11-5-6-3-9(10)4-7(11)8(6)9/h2,6-8H,1,3-5,10H2. The van der Waals surface area contributed by atoms with Gasteiger partial charge in [0, 0.05) is 24.0 Å². The van der Waals surface area contributed by atoms with Crippen molar-refractivity contribution >= 4 is 0 Å². The van der Waals surface area contributed by atoms with E-state index in [0.717, 1.165) is 17.9 Å². The monoisotopic (exact) mass is 150 g/mol. The molecule has 1 aliphatic heterocycles. The Bertz CT molecular complexity index is 226. The van der Waals surface area contributed by atoms with Crippen LogP contribution < -0.4 is 5.73 Å². The number of nitrogens with zero attached hydrogens (tertiary/aromatic N) is 1. The van der Waals surface area contributed by atoms with Crippen molar-refractivity contribution in [1.82, 2.24) is 4.90 Å². The first-order chi connectivity index (χ1) is 5.24. The minimum Gasteiger partial charge on any atom is -0.374 e. The maximum absolute atomic E-state index is 6.13. The van der Waals surface area contributed by atoms with E-state index in [1.165, 1.54) is 19.4 Å². The molecule has 2 heteroatoms. The summed E-state index contributed by atoms with van der Waals surface area (Å²) in [6, 6.07) is 0.760. The predicted molar refractivity (Wildman–Crippen MR) is 43.8 cm³/mol. The average molecular weight is 150 g/mol. The van der Waals surface area contributed by atoms with Gasteiger partial charge in [0.05, 0.1) is 0 Å². The molecule has 1 saturated heterocycles. The van der Waals surface area contributed by atoms with Crippen LogP contribution in [0.15, 0.2) is 12.8 Å². The summed E-state index contributed by atoms with van der Waals surface area (Å²) < 4.78 is 0. The van der Waals surface area contributed by atoms with Gasteiger partial charge in [0.2, 0.25) is 0 Å². The average Bonchev–Trinajstić information content (AvgIpc) is 2.07. The molecule has 0 spiro atoms. The van der Waals surface area contributed by atoms with Crippen LogP contribution in [0, 0.1) is 11.8 Å². The van der Waals surface area contributed by atoms with Crippen molar-refractivity contribution in [2.45, 2.75) is 24.4 Å². The zero-order valence-electron chi connectivity index (χ0n) is 6.66. The third-order valence-corrected chi connectivity index (χ3v) is 3.92. The summed E-state index contributed by atoms with van der Waals surface area (Å²) in [6.45, 7) is 5.04. The molecular formula is C9H14N2. The van der Waals surface area contributed by atoms with Gasteiger partial charge in [0.1, 0.15) is 0 Å². The van der Waals surface area contributed by atoms with Gasteiger partial charge in [0.15, 0.2) is 0 Å². The number of hydrogen-bond donors (Lipinski definition) is 1. The van der Waals surface area contributed by atoms with E-state index in [4.69, 9.17) is 5.73 Å². The Balaban J connectivity index is 1.89. The molecule has 4 atom stereocenters. The fourth-order valence-electron chi connectivity index (χ4n) is 3.45. The summed E-state index contributed by atoms with van der Waals surface area (Å²) >= 11 is 0. The van der Waals surface area contributed by atoms with Crippen molar-refractivity contribution in [2.75, 3.05) is 6.54 Å². The highest BCUT2D eigenvalue weighted by molar-refractivity contribution is 5.25. The Morgan fingerprint density at radius 1 is 1.55 bits per heavy atom. The van der Waals surface area contributed by atoms with E-state index in [1.807, 2.05) is 6.20 Å². The Kier molecular flexibility index (Phi) is 0.819. The first kappa shape index (κ1) is 6.06. The SMILES string of the molecule is C=CN1CC2CC3(N)CC1C23. The minimum absolute atomic E-state index is 0.257. The van der Waals surface area contributed by atoms with Crippen molar-refractivity contribution in [3.63, 3.8) is 0 Å². The van der Waals surface area contributed by atoms with Crippen LogP contribution in [-0.4, -0.2) is 23.0 Å². The molecule has 60 valence electrons. The third-order valence-electron chi connectivity index (χ3n) is 3.92. The molecule has 2 nitrogen and oxygen atoms in total. The van der Waals surface area contributed by atoms with Crippen LogP contribution in [0.25, 0.3) is 0 Å². The summed E-state index contributed by atoms with van der Waals surface area (Å²) in [5.41, 5.74) is 6.39. The molecular weight excluding hydrogens is 136 g/mol. The van der Waals surface area contributed by atoms with Gasteiger partial charge in [0.25, 0.3) is 0 Å². The molecule has 0 aromatic carbocycles. The van der Waals surface area contributed by atoms with Crippen LogP contribution in [-0.2, 0) is 0 Å². The van der Waals surface area contributed by atoms with Crippen molar-refractivity contribution in [3.05, 3.63) is 12.8 Å². The van der Waals surface area contributed by atoms with Crippen LogP contribution >= 0.6 is 0 Å². The van der Waals surface area contributed by atoms with Gasteiger partial charge in [-0.3, -0.25) is 0 Å². The van der Waals surface area contributed by atoms with Crippen LogP contribution in [0.5, 0.6) is 0 Å². The summed E-state index contributed by atoms with van der Waals surface area (Å²) in [6.07, 6.45) is 4.46. The molecule has 0 radical (unpaired) electrons. The highest BCUT2D eigenvalue weighted by atomic mass is 15.2. The third kappa shape index (κ3) is 0.476. The maximum Gasteiger partial charge on any atom is 0.0350 e. The summed E-state index contributed by atoms with van der Waals surface area (Å²) in [5.74, 6) is 1.72. The highest BCUT2D eigenvalue weighted by Crippen LogP contribution is 2.61. The normalized spacial score (nSPS) is 57.9. The number of likely N-dealkylation sites (tertiary alicyclic amines) is 1. The fourth-order valence-corrected chi connectivity index (χ4v) is 3.45. The first-order valence-electron chi connectivity index (χ1n) is 4.42. The molecule has 0 aromatic rings. The van der Waals surface area contributed by atoms with Gasteiger partial charge in [-0.05, 0) is 25.0 Å². The van der Waals surface area contributed by atoms with E-state index in [1.54, 1.807) is 0 Å². The number of hydrogen-bond acceptors (Lipinski definition) is 2. The second-order valence-electron chi connectivity index (χ2n) is 4.37. The molecule has 3 fully saturated rings. The summed E-state index contributed by atoms with van der Waals surface area (Å²) in [5, 5.41) is 0. The van der Waals surface area contributed by atoms with Gasteiger partial charge in [-0.2, -0.15) is 0 Å². The molecule has 0 aromatic heterocycles. The zero-order valence-corrected chi connectivity index (χ0v) is 6.66. The van der Waals surface area contributed by atoms with Crippen LogP contribution in [0.3, 0.4) is 0 Å². The minimum atomic E-state index is 0.257. The lowest BCUT2D eigenvalue weighted by atomic mass is 9.48. The second kappa shape index (κ2) is 1.48. The fraction of sp³-hybridized carbons (Fsp3) is 0.778. The smallest absolute Gasteiger partial charge is 0.0350 e. The number of rotatable bonds is 1. The van der Waals surface area contributed by atoms with Gasteiger partial charge in [-0.15, -0.1) is 0 Å². The lowest BCUT2D eigenvalue weighted by molar-refractivity contribution is -0.0475. The van der Waals surface area contributed by atoms with Gasteiger partial charge in [-0.25, -0.2) is 0 Å². The van der Waals surface area contributed by atoms with E-state index in [9.17, 15) is 0 Å². The van der Waals surface area contributed by atoms with Gasteiger partial charge >= 0.3 is 0 Å². The molecule has 1 heterocycles. The Hall–Kier alpha value is -0.500. The molecule has 4 unspecified atom stereocenters. The van der Waals surface area contributed by atoms with E-state index in [0.29, 0.717) is 0 Å². The topological polar surface area (TPSA) is 29.3 Å². The molecule has 11 heavy (non-hydrogen) atoms. The summed E-state index contributed by atoms with van der Waals surface area (Å²) in [7, 11) is 0. The van der Waals surface area contributed by atoms with E-state index in [-0.39, 0.29) is 5.54 Å². The van der Waals surface area contributed by atoms with Crippen LogP contribution in [0.4, 0.5) is 0 Å². The first-order valence-corrected chi connectivity index (χ1v) is 4.42. The summed E-state index contributed by atoms with van der Waals surface area (Å²) in [4.78, 5) is 2.38. The molecule has 2 saturated carbocycles. The molecule has 3 rings (SSSR count). The molecule has 0 amide bonds. The lowest BCUT2D eigenvalue weighted by Gasteiger charge is -2.61. The molecule has 0 bridgehead atoms. The van der Waals surface area contributed by atoms with Crippen molar-refractivity contribution < 1.29 is 0 Å². The highest BCUT2D eigenvalue weighted by Gasteiger charge is 2.68. The van der Waals surface area contributed by atoms with Crippen molar-refractivity contribution in [1.29, 1.82) is 0 Å². The Morgan fingerprint density at radius 3 is 2.91 bits per heavy atom. The largest absolute Gasteiger partial charge is 0.374 e. The van der Waals surface area contributed by atoms with Crippen molar-refractivity contribution in [2.24, 2.45) is 17.6 Å². The molecule has 2 N–H and O–H groups in total. The molecule has 2 aliphatic carbocycles. The van der Waals surface area contributed by atoms with E-state index < -0.39 is 0 Å². The van der Waals surface area contributed by atoms with Crippen molar-refractivity contribution in [3.8, 4) is 0 Å². The number of nitrogens with two attached hydrogens (primary N) is 1.